The first-order valence-electron chi connectivity index (χ1n) is 9.65. The lowest BCUT2D eigenvalue weighted by atomic mass is 10.0. The maximum Gasteiger partial charge on any atom is 0.260 e. The summed E-state index contributed by atoms with van der Waals surface area (Å²) in [5, 5.41) is 3.21. The van der Waals surface area contributed by atoms with E-state index in [1.807, 2.05) is 6.07 Å². The molecule has 3 rings (SSSR count). The summed E-state index contributed by atoms with van der Waals surface area (Å²) in [5.41, 5.74) is 1.40. The van der Waals surface area contributed by atoms with Crippen molar-refractivity contribution in [2.45, 2.75) is 0 Å². The van der Waals surface area contributed by atoms with Crippen LogP contribution in [0.25, 0.3) is 0 Å². The molecule has 1 N–H and O–H groups in total. The van der Waals surface area contributed by atoms with E-state index in [4.69, 9.17) is 27.9 Å². The van der Waals surface area contributed by atoms with Crippen molar-refractivity contribution in [3.8, 4) is 5.75 Å². The molecule has 32 heavy (non-hydrogen) atoms. The van der Waals surface area contributed by atoms with Gasteiger partial charge in [0, 0.05) is 18.2 Å². The molecule has 0 heterocycles. The number of hydrogen-bond acceptors (Lipinski definition) is 4. The van der Waals surface area contributed by atoms with Crippen molar-refractivity contribution in [2.75, 3.05) is 25.5 Å². The average Bonchev–Trinajstić information content (AvgIpc) is 2.80. The standard InChI is InChI=1S/C24H20Cl2N2O4/c1-28(14-21(29)27-23-19(25)8-5-9-20(23)26)22(30)15-32-18-12-10-17(11-13-18)24(31)16-6-3-2-4-7-16/h2-13H,14-15H2,1H3,(H,27,29). The van der Waals surface area contributed by atoms with Gasteiger partial charge in [-0.3, -0.25) is 14.4 Å². The molecule has 3 aromatic carbocycles. The number of ketones is 1. The number of benzene rings is 3. The molecule has 6 nitrogen and oxygen atoms in total. The molecule has 0 radical (unpaired) electrons. The van der Waals surface area contributed by atoms with Gasteiger partial charge in [-0.1, -0.05) is 59.6 Å². The molecule has 0 aromatic heterocycles. The van der Waals surface area contributed by atoms with Gasteiger partial charge in [-0.05, 0) is 36.4 Å². The summed E-state index contributed by atoms with van der Waals surface area (Å²) in [5.74, 6) is -0.504. The van der Waals surface area contributed by atoms with Gasteiger partial charge in [-0.2, -0.15) is 0 Å². The number of likely N-dealkylation sites (N-methyl/N-ethyl adjacent to an activating group) is 1. The quantitative estimate of drug-likeness (QED) is 0.484. The van der Waals surface area contributed by atoms with E-state index in [1.54, 1.807) is 66.7 Å². The molecule has 0 aliphatic heterocycles. The number of nitrogens with one attached hydrogen (secondary N) is 1. The minimum absolute atomic E-state index is 0.0994. The van der Waals surface area contributed by atoms with Crippen LogP contribution < -0.4 is 10.1 Å². The molecule has 0 unspecified atom stereocenters. The highest BCUT2D eigenvalue weighted by Gasteiger charge is 2.16. The third-order valence-corrected chi connectivity index (χ3v) is 5.18. The number of ether oxygens (including phenoxy) is 1. The van der Waals surface area contributed by atoms with Gasteiger partial charge in [-0.15, -0.1) is 0 Å². The summed E-state index contributed by atoms with van der Waals surface area (Å²) in [7, 11) is 1.49. The number of halogens is 2. The highest BCUT2D eigenvalue weighted by molar-refractivity contribution is 6.39. The molecule has 0 saturated carbocycles. The predicted molar refractivity (Wildman–Crippen MR) is 125 cm³/mol. The van der Waals surface area contributed by atoms with Crippen LogP contribution in [0.4, 0.5) is 5.69 Å². The largest absolute Gasteiger partial charge is 0.484 e. The Morgan fingerprint density at radius 1 is 0.844 bits per heavy atom. The van der Waals surface area contributed by atoms with E-state index in [-0.39, 0.29) is 18.9 Å². The van der Waals surface area contributed by atoms with Gasteiger partial charge >= 0.3 is 0 Å². The number of rotatable bonds is 8. The number of hydrogen-bond donors (Lipinski definition) is 1. The zero-order valence-electron chi connectivity index (χ0n) is 17.2. The molecule has 0 fully saturated rings. The number of carbonyl (C=O) groups excluding carboxylic acids is 3. The second-order valence-corrected chi connectivity index (χ2v) is 7.72. The molecule has 0 bridgehead atoms. The minimum atomic E-state index is -0.445. The first kappa shape index (κ1) is 23.3. The summed E-state index contributed by atoms with van der Waals surface area (Å²) >= 11 is 12.1. The number of anilines is 1. The maximum atomic E-state index is 12.4. The Morgan fingerprint density at radius 2 is 1.44 bits per heavy atom. The summed E-state index contributed by atoms with van der Waals surface area (Å²) in [6.45, 7) is -0.461. The van der Waals surface area contributed by atoms with Crippen molar-refractivity contribution < 1.29 is 19.1 Å². The molecule has 3 aromatic rings. The van der Waals surface area contributed by atoms with Gasteiger partial charge in [-0.25, -0.2) is 0 Å². The van der Waals surface area contributed by atoms with Gasteiger partial charge in [0.25, 0.3) is 5.91 Å². The third kappa shape index (κ3) is 6.09. The monoisotopic (exact) mass is 470 g/mol. The Kier molecular flexibility index (Phi) is 7.87. The molecule has 8 heteroatoms. The summed E-state index contributed by atoms with van der Waals surface area (Å²) in [6, 6.07) is 20.3. The van der Waals surface area contributed by atoms with E-state index in [0.29, 0.717) is 32.6 Å². The van der Waals surface area contributed by atoms with Gasteiger partial charge in [0.15, 0.2) is 12.4 Å². The van der Waals surface area contributed by atoms with Crippen LogP contribution in [0.1, 0.15) is 15.9 Å². The first-order valence-corrected chi connectivity index (χ1v) is 10.4. The van der Waals surface area contributed by atoms with E-state index >= 15 is 0 Å². The third-order valence-electron chi connectivity index (χ3n) is 4.55. The van der Waals surface area contributed by atoms with Crippen LogP contribution in [0.5, 0.6) is 5.75 Å². The van der Waals surface area contributed by atoms with Crippen molar-refractivity contribution in [3.63, 3.8) is 0 Å². The fraction of sp³-hybridized carbons (Fsp3) is 0.125. The van der Waals surface area contributed by atoms with Crippen LogP contribution in [0, 0.1) is 0 Å². The molecule has 164 valence electrons. The zero-order valence-corrected chi connectivity index (χ0v) is 18.7. The molecular formula is C24H20Cl2N2O4. The fourth-order valence-corrected chi connectivity index (χ4v) is 3.31. The van der Waals surface area contributed by atoms with Crippen LogP contribution in [0.3, 0.4) is 0 Å². The SMILES string of the molecule is CN(CC(=O)Nc1c(Cl)cccc1Cl)C(=O)COc1ccc(C(=O)c2ccccc2)cc1. The minimum Gasteiger partial charge on any atom is -0.484 e. The number of carbonyl (C=O) groups is 3. The Hall–Kier alpha value is -3.35. The van der Waals surface area contributed by atoms with E-state index < -0.39 is 11.8 Å². The van der Waals surface area contributed by atoms with E-state index in [2.05, 4.69) is 5.32 Å². The normalized spacial score (nSPS) is 10.3. The number of nitrogens with zero attached hydrogens (tertiary/aromatic N) is 1. The summed E-state index contributed by atoms with van der Waals surface area (Å²) in [4.78, 5) is 38.2. The topological polar surface area (TPSA) is 75.7 Å². The predicted octanol–water partition coefficient (Wildman–Crippen LogP) is 4.70. The van der Waals surface area contributed by atoms with Crippen LogP contribution >= 0.6 is 23.2 Å². The Bertz CT molecular complexity index is 1100. The van der Waals surface area contributed by atoms with Crippen molar-refractivity contribution in [1.29, 1.82) is 0 Å². The number of amides is 2. The molecule has 0 saturated heterocycles. The van der Waals surface area contributed by atoms with Crippen LogP contribution in [0.2, 0.25) is 10.0 Å². The molecular weight excluding hydrogens is 451 g/mol. The maximum absolute atomic E-state index is 12.4. The molecule has 0 aliphatic carbocycles. The van der Waals surface area contributed by atoms with Crippen molar-refractivity contribution >= 4 is 46.5 Å². The average molecular weight is 471 g/mol. The van der Waals surface area contributed by atoms with Crippen molar-refractivity contribution in [3.05, 3.63) is 94.0 Å². The van der Waals surface area contributed by atoms with Crippen molar-refractivity contribution in [2.24, 2.45) is 0 Å². The zero-order chi connectivity index (χ0) is 23.1. The van der Waals surface area contributed by atoms with Crippen LogP contribution in [0.15, 0.2) is 72.8 Å². The van der Waals surface area contributed by atoms with Gasteiger partial charge < -0.3 is 15.0 Å². The van der Waals surface area contributed by atoms with Crippen molar-refractivity contribution in [1.82, 2.24) is 4.90 Å². The fourth-order valence-electron chi connectivity index (χ4n) is 2.81. The van der Waals surface area contributed by atoms with Gasteiger partial charge in [0.2, 0.25) is 5.91 Å². The lowest BCUT2D eigenvalue weighted by Crippen LogP contribution is -2.37. The Morgan fingerprint density at radius 3 is 2.06 bits per heavy atom. The Labute approximate surface area is 195 Å². The molecule has 0 aliphatic rings. The second kappa shape index (κ2) is 10.8. The Balaban J connectivity index is 1.50. The highest BCUT2D eigenvalue weighted by atomic mass is 35.5. The highest BCUT2D eigenvalue weighted by Crippen LogP contribution is 2.29. The van der Waals surface area contributed by atoms with E-state index in [1.165, 1.54) is 11.9 Å². The van der Waals surface area contributed by atoms with Crippen LogP contribution in [-0.2, 0) is 9.59 Å². The lowest BCUT2D eigenvalue weighted by molar-refractivity contribution is -0.135. The molecule has 0 spiro atoms. The van der Waals surface area contributed by atoms with E-state index in [0.717, 1.165) is 0 Å². The molecule has 0 atom stereocenters. The second-order valence-electron chi connectivity index (χ2n) is 6.90. The smallest absolute Gasteiger partial charge is 0.260 e. The summed E-state index contributed by atoms with van der Waals surface area (Å²) < 4.78 is 5.49. The lowest BCUT2D eigenvalue weighted by Gasteiger charge is -2.18. The van der Waals surface area contributed by atoms with Gasteiger partial charge in [0.05, 0.1) is 22.3 Å². The summed E-state index contributed by atoms with van der Waals surface area (Å²) in [6.07, 6.45) is 0. The first-order chi connectivity index (χ1) is 15.3. The van der Waals surface area contributed by atoms with Crippen LogP contribution in [-0.4, -0.2) is 42.7 Å². The number of para-hydroxylation sites is 1. The van der Waals surface area contributed by atoms with Gasteiger partial charge in [0.1, 0.15) is 5.75 Å². The van der Waals surface area contributed by atoms with E-state index in [9.17, 15) is 14.4 Å². The molecule has 2 amide bonds.